The van der Waals surface area contributed by atoms with Crippen LogP contribution < -0.4 is 5.73 Å². The largest absolute Gasteiger partial charge is 0.380 e. The number of methoxy groups -OCH3 is 1. The van der Waals surface area contributed by atoms with Gasteiger partial charge in [0, 0.05) is 25.7 Å². The summed E-state index contributed by atoms with van der Waals surface area (Å²) in [4.78, 5) is 2.65. The lowest BCUT2D eigenvalue weighted by Gasteiger charge is -2.37. The summed E-state index contributed by atoms with van der Waals surface area (Å²) >= 11 is 0. The van der Waals surface area contributed by atoms with Gasteiger partial charge in [-0.1, -0.05) is 44.0 Å². The van der Waals surface area contributed by atoms with Crippen LogP contribution in [0.25, 0.3) is 0 Å². The number of rotatable bonds is 6. The van der Waals surface area contributed by atoms with Gasteiger partial charge in [-0.15, -0.1) is 0 Å². The lowest BCUT2D eigenvalue weighted by Crippen LogP contribution is -2.41. The van der Waals surface area contributed by atoms with Gasteiger partial charge in [0.1, 0.15) is 0 Å². The molecule has 3 heteroatoms. The van der Waals surface area contributed by atoms with E-state index in [4.69, 9.17) is 10.5 Å². The van der Waals surface area contributed by atoms with Crippen molar-refractivity contribution in [2.75, 3.05) is 20.2 Å². The molecule has 0 spiro atoms. The van der Waals surface area contributed by atoms with E-state index in [1.807, 2.05) is 0 Å². The zero-order chi connectivity index (χ0) is 15.1. The second kappa shape index (κ2) is 8.52. The molecule has 1 aliphatic heterocycles. The van der Waals surface area contributed by atoms with E-state index in [1.54, 1.807) is 7.11 Å². The van der Waals surface area contributed by atoms with E-state index in [0.29, 0.717) is 25.2 Å². The van der Waals surface area contributed by atoms with Crippen molar-refractivity contribution in [2.45, 2.75) is 57.7 Å². The fraction of sp³-hybridized carbons (Fsp3) is 0.667. The number of benzene rings is 1. The SMILES string of the molecule is CCC1CCCCCN1C(CN)c1ccccc1COC. The van der Waals surface area contributed by atoms with Crippen LogP contribution in [0.2, 0.25) is 0 Å². The first-order chi connectivity index (χ1) is 10.3. The molecule has 0 saturated carbocycles. The van der Waals surface area contributed by atoms with Crippen LogP contribution in [0.1, 0.15) is 56.2 Å². The van der Waals surface area contributed by atoms with Crippen molar-refractivity contribution in [3.63, 3.8) is 0 Å². The Morgan fingerprint density at radius 2 is 2.10 bits per heavy atom. The monoisotopic (exact) mass is 290 g/mol. The summed E-state index contributed by atoms with van der Waals surface area (Å²) in [6.45, 7) is 4.81. The first-order valence-corrected chi connectivity index (χ1v) is 8.34. The van der Waals surface area contributed by atoms with Crippen molar-refractivity contribution < 1.29 is 4.74 Å². The number of likely N-dealkylation sites (tertiary alicyclic amines) is 1. The molecule has 1 aliphatic rings. The molecule has 2 unspecified atom stereocenters. The van der Waals surface area contributed by atoms with Crippen LogP contribution in [0, 0.1) is 0 Å². The Balaban J connectivity index is 2.28. The summed E-state index contributed by atoms with van der Waals surface area (Å²) in [5, 5.41) is 0. The Kier molecular flexibility index (Phi) is 6.68. The van der Waals surface area contributed by atoms with Crippen LogP contribution in [-0.2, 0) is 11.3 Å². The minimum Gasteiger partial charge on any atom is -0.380 e. The molecule has 2 N–H and O–H groups in total. The van der Waals surface area contributed by atoms with Gasteiger partial charge >= 0.3 is 0 Å². The molecule has 3 nitrogen and oxygen atoms in total. The molecule has 1 aromatic rings. The molecule has 0 radical (unpaired) electrons. The van der Waals surface area contributed by atoms with Gasteiger partial charge in [-0.25, -0.2) is 0 Å². The normalized spacial score (nSPS) is 22.0. The van der Waals surface area contributed by atoms with E-state index in [-0.39, 0.29) is 0 Å². The van der Waals surface area contributed by atoms with Crippen molar-refractivity contribution in [2.24, 2.45) is 5.73 Å². The molecule has 21 heavy (non-hydrogen) atoms. The molecular formula is C18H30N2O. The summed E-state index contributed by atoms with van der Waals surface area (Å²) in [5.74, 6) is 0. The Labute approximate surface area is 129 Å². The van der Waals surface area contributed by atoms with E-state index < -0.39 is 0 Å². The highest BCUT2D eigenvalue weighted by Crippen LogP contribution is 2.30. The van der Waals surface area contributed by atoms with E-state index in [0.717, 1.165) is 0 Å². The molecule has 1 aromatic carbocycles. The van der Waals surface area contributed by atoms with Crippen LogP contribution >= 0.6 is 0 Å². The second-order valence-corrected chi connectivity index (χ2v) is 6.03. The predicted octanol–water partition coefficient (Wildman–Crippen LogP) is 3.49. The summed E-state index contributed by atoms with van der Waals surface area (Å²) in [6.07, 6.45) is 6.51. The van der Waals surface area contributed by atoms with Gasteiger partial charge in [0.2, 0.25) is 0 Å². The number of hydrogen-bond acceptors (Lipinski definition) is 3. The maximum Gasteiger partial charge on any atom is 0.0716 e. The van der Waals surface area contributed by atoms with E-state index in [1.165, 1.54) is 49.8 Å². The van der Waals surface area contributed by atoms with Gasteiger partial charge in [0.05, 0.1) is 6.61 Å². The Hall–Kier alpha value is -0.900. The highest BCUT2D eigenvalue weighted by molar-refractivity contribution is 5.30. The molecule has 1 saturated heterocycles. The van der Waals surface area contributed by atoms with Gasteiger partial charge in [-0.2, -0.15) is 0 Å². The smallest absolute Gasteiger partial charge is 0.0716 e. The third kappa shape index (κ3) is 4.06. The minimum absolute atomic E-state index is 0.319. The second-order valence-electron chi connectivity index (χ2n) is 6.03. The summed E-state index contributed by atoms with van der Waals surface area (Å²) in [5.41, 5.74) is 8.81. The molecule has 118 valence electrons. The lowest BCUT2D eigenvalue weighted by atomic mass is 9.96. The van der Waals surface area contributed by atoms with E-state index >= 15 is 0 Å². The topological polar surface area (TPSA) is 38.5 Å². The zero-order valence-corrected chi connectivity index (χ0v) is 13.6. The highest BCUT2D eigenvalue weighted by atomic mass is 16.5. The zero-order valence-electron chi connectivity index (χ0n) is 13.6. The number of nitrogens with zero attached hydrogens (tertiary/aromatic N) is 1. The van der Waals surface area contributed by atoms with Crippen molar-refractivity contribution in [1.29, 1.82) is 0 Å². The van der Waals surface area contributed by atoms with Crippen molar-refractivity contribution in [3.05, 3.63) is 35.4 Å². The Morgan fingerprint density at radius 1 is 1.29 bits per heavy atom. The third-order valence-corrected chi connectivity index (χ3v) is 4.73. The van der Waals surface area contributed by atoms with Crippen LogP contribution in [0.15, 0.2) is 24.3 Å². The number of hydrogen-bond donors (Lipinski definition) is 1. The quantitative estimate of drug-likeness (QED) is 0.871. The summed E-state index contributed by atoms with van der Waals surface area (Å²) in [6, 6.07) is 9.58. The average molecular weight is 290 g/mol. The molecule has 2 rings (SSSR count). The van der Waals surface area contributed by atoms with Crippen molar-refractivity contribution in [1.82, 2.24) is 4.90 Å². The molecule has 0 amide bonds. The molecular weight excluding hydrogens is 260 g/mol. The van der Waals surface area contributed by atoms with Crippen LogP contribution in [0.3, 0.4) is 0 Å². The number of ether oxygens (including phenoxy) is 1. The standard InChI is InChI=1S/C18H30N2O/c1-3-16-10-5-4-8-12-20(16)18(13-19)17-11-7-6-9-15(17)14-21-2/h6-7,9,11,16,18H,3-5,8,10,12-14,19H2,1-2H3. The molecule has 0 aliphatic carbocycles. The van der Waals surface area contributed by atoms with Gasteiger partial charge in [0.15, 0.2) is 0 Å². The number of nitrogens with two attached hydrogens (primary N) is 1. The molecule has 0 bridgehead atoms. The van der Waals surface area contributed by atoms with Crippen LogP contribution in [0.5, 0.6) is 0 Å². The van der Waals surface area contributed by atoms with Crippen LogP contribution in [-0.4, -0.2) is 31.1 Å². The van der Waals surface area contributed by atoms with Gasteiger partial charge in [-0.05, 0) is 36.9 Å². The molecule has 2 atom stereocenters. The van der Waals surface area contributed by atoms with Gasteiger partial charge < -0.3 is 10.5 Å². The maximum absolute atomic E-state index is 6.19. The van der Waals surface area contributed by atoms with Crippen molar-refractivity contribution in [3.8, 4) is 0 Å². The average Bonchev–Trinajstić information content (AvgIpc) is 2.75. The molecule has 0 aromatic heterocycles. The third-order valence-electron chi connectivity index (χ3n) is 4.73. The van der Waals surface area contributed by atoms with E-state index in [2.05, 4.69) is 36.1 Å². The van der Waals surface area contributed by atoms with Gasteiger partial charge in [0.25, 0.3) is 0 Å². The highest BCUT2D eigenvalue weighted by Gasteiger charge is 2.28. The fourth-order valence-corrected chi connectivity index (χ4v) is 3.64. The summed E-state index contributed by atoms with van der Waals surface area (Å²) in [7, 11) is 1.76. The van der Waals surface area contributed by atoms with E-state index in [9.17, 15) is 0 Å². The first kappa shape index (κ1) is 16.5. The Bertz CT molecular complexity index is 421. The molecule has 1 fully saturated rings. The van der Waals surface area contributed by atoms with Crippen molar-refractivity contribution >= 4 is 0 Å². The lowest BCUT2D eigenvalue weighted by molar-refractivity contribution is 0.131. The van der Waals surface area contributed by atoms with Gasteiger partial charge in [-0.3, -0.25) is 4.90 Å². The maximum atomic E-state index is 6.19. The minimum atomic E-state index is 0.319. The predicted molar refractivity (Wildman–Crippen MR) is 88.2 cm³/mol. The Morgan fingerprint density at radius 3 is 2.81 bits per heavy atom. The molecule has 1 heterocycles. The summed E-state index contributed by atoms with van der Waals surface area (Å²) < 4.78 is 5.37. The van der Waals surface area contributed by atoms with Crippen LogP contribution in [0.4, 0.5) is 0 Å². The fourth-order valence-electron chi connectivity index (χ4n) is 3.64. The first-order valence-electron chi connectivity index (χ1n) is 8.34.